The topological polar surface area (TPSA) is 56.3 Å². The molecule has 5 heteroatoms. The molecule has 0 aliphatic rings. The molecule has 48 valence electrons. The minimum atomic E-state index is -0.605. The molecule has 1 aromatic rings. The predicted molar refractivity (Wildman–Crippen MR) is 30.4 cm³/mol. The molecular weight excluding hydrogens is 146 g/mol. The fourth-order valence-corrected chi connectivity index (χ4v) is 0.600. The molecule has 0 fully saturated rings. The van der Waals surface area contributed by atoms with Crippen molar-refractivity contribution in [3.8, 4) is 0 Å². The quantitative estimate of drug-likeness (QED) is 0.450. The van der Waals surface area contributed by atoms with Gasteiger partial charge >= 0.3 is 5.69 Å². The van der Waals surface area contributed by atoms with Crippen molar-refractivity contribution in [1.82, 2.24) is 0 Å². The van der Waals surface area contributed by atoms with Crippen molar-refractivity contribution in [3.05, 3.63) is 27.7 Å². The number of nitrogens with zero attached hydrogens (tertiary/aromatic N) is 1. The number of hydrogen-bond donors (Lipinski definition) is 0. The molecule has 0 atom stereocenters. The lowest BCUT2D eigenvalue weighted by Gasteiger charge is -1.80. The van der Waals surface area contributed by atoms with Gasteiger partial charge < -0.3 is 4.42 Å². The van der Waals surface area contributed by atoms with Gasteiger partial charge in [0.05, 0.1) is 17.3 Å². The highest BCUT2D eigenvalue weighted by Gasteiger charge is 2.13. The van der Waals surface area contributed by atoms with Crippen LogP contribution in [0.25, 0.3) is 0 Å². The van der Waals surface area contributed by atoms with Crippen LogP contribution < -0.4 is 0 Å². The van der Waals surface area contributed by atoms with E-state index in [4.69, 9.17) is 11.6 Å². The Labute approximate surface area is 55.2 Å². The van der Waals surface area contributed by atoms with Crippen LogP contribution >= 0.6 is 11.6 Å². The summed E-state index contributed by atoms with van der Waals surface area (Å²) in [5.41, 5.74) is -0.198. The minimum Gasteiger partial charge on any atom is -0.447 e. The first-order chi connectivity index (χ1) is 4.22. The van der Waals surface area contributed by atoms with E-state index in [0.29, 0.717) is 0 Å². The van der Waals surface area contributed by atoms with Crippen molar-refractivity contribution in [2.45, 2.75) is 0 Å². The lowest BCUT2D eigenvalue weighted by atomic mass is 10.6. The molecule has 0 N–H and O–H groups in total. The van der Waals surface area contributed by atoms with Crippen LogP contribution in [-0.4, -0.2) is 4.92 Å². The molecule has 0 saturated heterocycles. The molecule has 4 nitrogen and oxygen atoms in total. The summed E-state index contributed by atoms with van der Waals surface area (Å²) in [7, 11) is 0. The second-order valence-corrected chi connectivity index (χ2v) is 1.68. The van der Waals surface area contributed by atoms with E-state index in [-0.39, 0.29) is 10.9 Å². The van der Waals surface area contributed by atoms with E-state index in [1.807, 2.05) is 0 Å². The highest BCUT2D eigenvalue weighted by Crippen LogP contribution is 2.23. The number of halogens is 1. The molecule has 0 aromatic carbocycles. The summed E-state index contributed by atoms with van der Waals surface area (Å²) in [5, 5.41) is 9.76. The molecule has 0 aliphatic carbocycles. The van der Waals surface area contributed by atoms with Gasteiger partial charge in [-0.15, -0.1) is 0 Å². The third kappa shape index (κ3) is 1.02. The lowest BCUT2D eigenvalue weighted by molar-refractivity contribution is -0.385. The van der Waals surface area contributed by atoms with Crippen LogP contribution in [0.2, 0.25) is 5.22 Å². The maximum atomic E-state index is 9.94. The second-order valence-electron chi connectivity index (χ2n) is 1.34. The summed E-state index contributed by atoms with van der Waals surface area (Å²) in [4.78, 5) is 9.34. The van der Waals surface area contributed by atoms with E-state index in [1.54, 1.807) is 0 Å². The summed E-state index contributed by atoms with van der Waals surface area (Å²) >= 11 is 5.23. The normalized spacial score (nSPS) is 9.44. The molecule has 0 aliphatic heterocycles. The molecule has 9 heavy (non-hydrogen) atoms. The highest BCUT2D eigenvalue weighted by molar-refractivity contribution is 6.30. The van der Waals surface area contributed by atoms with E-state index >= 15 is 0 Å². The third-order valence-electron chi connectivity index (χ3n) is 0.795. The Morgan fingerprint density at radius 2 is 2.44 bits per heavy atom. The number of nitro groups is 1. The minimum absolute atomic E-state index is 0.181. The number of furan rings is 1. The first-order valence-electron chi connectivity index (χ1n) is 2.09. The average Bonchev–Trinajstić information content (AvgIpc) is 2.13. The zero-order valence-electron chi connectivity index (χ0n) is 4.20. The molecule has 1 rings (SSSR count). The van der Waals surface area contributed by atoms with Crippen LogP contribution in [-0.2, 0) is 0 Å². The average molecular weight is 148 g/mol. The molecule has 0 radical (unpaired) electrons. The Morgan fingerprint density at radius 1 is 1.78 bits per heavy atom. The smallest absolute Gasteiger partial charge is 0.326 e. The molecule has 1 aromatic heterocycles. The Kier molecular flexibility index (Phi) is 1.40. The summed E-state index contributed by atoms with van der Waals surface area (Å²) in [6, 6.07) is 1.20. The maximum Gasteiger partial charge on any atom is 0.326 e. The Morgan fingerprint density at radius 3 is 2.67 bits per heavy atom. The van der Waals surface area contributed by atoms with Gasteiger partial charge in [-0.3, -0.25) is 10.1 Å². The van der Waals surface area contributed by atoms with Gasteiger partial charge in [-0.2, -0.15) is 0 Å². The summed E-state index contributed by atoms with van der Waals surface area (Å²) < 4.78 is 4.45. The standard InChI is InChI=1S/C4H2ClNO3/c5-4-3(6(7)8)1-2-9-4/h1-2H. The van der Waals surface area contributed by atoms with Gasteiger partial charge in [-0.05, 0) is 11.6 Å². The van der Waals surface area contributed by atoms with Crippen molar-refractivity contribution in [2.24, 2.45) is 0 Å². The summed E-state index contributed by atoms with van der Waals surface area (Å²) in [6.45, 7) is 0. The van der Waals surface area contributed by atoms with Crippen LogP contribution in [0.5, 0.6) is 0 Å². The van der Waals surface area contributed by atoms with E-state index in [0.717, 1.165) is 0 Å². The van der Waals surface area contributed by atoms with Crippen molar-refractivity contribution in [3.63, 3.8) is 0 Å². The molecule has 0 saturated carbocycles. The summed E-state index contributed by atoms with van der Waals surface area (Å²) in [6.07, 6.45) is 1.17. The zero-order valence-corrected chi connectivity index (χ0v) is 4.96. The Bertz CT molecular complexity index is 231. The molecule has 1 heterocycles. The monoisotopic (exact) mass is 147 g/mol. The largest absolute Gasteiger partial charge is 0.447 e. The number of hydrogen-bond acceptors (Lipinski definition) is 3. The highest BCUT2D eigenvalue weighted by atomic mass is 35.5. The van der Waals surface area contributed by atoms with Crippen LogP contribution in [0.4, 0.5) is 5.69 Å². The lowest BCUT2D eigenvalue weighted by Crippen LogP contribution is -1.83. The van der Waals surface area contributed by atoms with Crippen LogP contribution in [0.1, 0.15) is 0 Å². The second kappa shape index (κ2) is 2.06. The van der Waals surface area contributed by atoms with Gasteiger partial charge in [0, 0.05) is 0 Å². The first kappa shape index (κ1) is 6.10. The molecule has 0 unspecified atom stereocenters. The van der Waals surface area contributed by atoms with Crippen LogP contribution in [0.15, 0.2) is 16.7 Å². The zero-order chi connectivity index (χ0) is 6.85. The van der Waals surface area contributed by atoms with E-state index in [2.05, 4.69) is 4.42 Å². The maximum absolute atomic E-state index is 9.94. The van der Waals surface area contributed by atoms with Crippen LogP contribution in [0.3, 0.4) is 0 Å². The van der Waals surface area contributed by atoms with Gasteiger partial charge in [-0.25, -0.2) is 0 Å². The SMILES string of the molecule is O=[N+]([O-])c1ccoc1Cl. The molecule has 0 amide bonds. The van der Waals surface area contributed by atoms with E-state index in [9.17, 15) is 10.1 Å². The van der Waals surface area contributed by atoms with Crippen molar-refractivity contribution in [1.29, 1.82) is 0 Å². The first-order valence-corrected chi connectivity index (χ1v) is 2.47. The van der Waals surface area contributed by atoms with E-state index < -0.39 is 4.92 Å². The fraction of sp³-hybridized carbons (Fsp3) is 0. The Hall–Kier alpha value is -1.03. The van der Waals surface area contributed by atoms with Crippen molar-refractivity contribution in [2.75, 3.05) is 0 Å². The number of rotatable bonds is 1. The van der Waals surface area contributed by atoms with Gasteiger partial charge in [0.2, 0.25) is 0 Å². The molecular formula is C4H2ClNO3. The Balaban J connectivity index is 3.08. The van der Waals surface area contributed by atoms with Gasteiger partial charge in [0.15, 0.2) is 0 Å². The van der Waals surface area contributed by atoms with Gasteiger partial charge in [0.1, 0.15) is 0 Å². The van der Waals surface area contributed by atoms with Gasteiger partial charge in [0.25, 0.3) is 5.22 Å². The van der Waals surface area contributed by atoms with Crippen LogP contribution in [0, 0.1) is 10.1 Å². The predicted octanol–water partition coefficient (Wildman–Crippen LogP) is 1.84. The fourth-order valence-electron chi connectivity index (χ4n) is 0.417. The van der Waals surface area contributed by atoms with Gasteiger partial charge in [-0.1, -0.05) is 0 Å². The molecule has 0 spiro atoms. The summed E-state index contributed by atoms with van der Waals surface area (Å²) in [5.74, 6) is 0. The molecule has 0 bridgehead atoms. The van der Waals surface area contributed by atoms with Crippen molar-refractivity contribution >= 4 is 17.3 Å². The van der Waals surface area contributed by atoms with Crippen molar-refractivity contribution < 1.29 is 9.34 Å². The third-order valence-corrected chi connectivity index (χ3v) is 1.08. The van der Waals surface area contributed by atoms with E-state index in [1.165, 1.54) is 12.3 Å².